The predicted octanol–water partition coefficient (Wildman–Crippen LogP) is 1.25. The van der Waals surface area contributed by atoms with Gasteiger partial charge in [-0.2, -0.15) is 0 Å². The van der Waals surface area contributed by atoms with Crippen molar-refractivity contribution in [2.24, 2.45) is 5.92 Å². The maximum absolute atomic E-state index is 12.1. The van der Waals surface area contributed by atoms with Gasteiger partial charge in [0.25, 0.3) is 0 Å². The number of rotatable bonds is 5. The molecule has 0 fully saturated rings. The summed E-state index contributed by atoms with van der Waals surface area (Å²) in [7, 11) is 3.79. The molecule has 2 N–H and O–H groups in total. The molecular weight excluding hydrogens is 256 g/mol. The summed E-state index contributed by atoms with van der Waals surface area (Å²) in [6.45, 7) is 5.16. The number of aromatic nitrogens is 1. The molecule has 0 radical (unpaired) electrons. The van der Waals surface area contributed by atoms with Crippen molar-refractivity contribution in [2.45, 2.75) is 26.8 Å². The summed E-state index contributed by atoms with van der Waals surface area (Å²) in [5.41, 5.74) is 0.608. The predicted molar refractivity (Wildman–Crippen MR) is 79.6 cm³/mol. The summed E-state index contributed by atoms with van der Waals surface area (Å²) in [6.07, 6.45) is 1.60. The van der Waals surface area contributed by atoms with Gasteiger partial charge in [-0.05, 0) is 18.1 Å². The van der Waals surface area contributed by atoms with Gasteiger partial charge in [-0.25, -0.2) is 4.98 Å². The average molecular weight is 278 g/mol. The van der Waals surface area contributed by atoms with Crippen LogP contribution in [0.4, 0.5) is 11.5 Å². The minimum atomic E-state index is -0.555. The third kappa shape index (κ3) is 4.53. The minimum Gasteiger partial charge on any atom is -0.363 e. The van der Waals surface area contributed by atoms with E-state index in [-0.39, 0.29) is 17.7 Å². The average Bonchev–Trinajstić information content (AvgIpc) is 2.35. The number of hydrogen-bond donors (Lipinski definition) is 2. The topological polar surface area (TPSA) is 74.3 Å². The first-order valence-corrected chi connectivity index (χ1v) is 6.52. The number of carbonyl (C=O) groups excluding carboxylic acids is 2. The van der Waals surface area contributed by atoms with Gasteiger partial charge in [-0.15, -0.1) is 0 Å². The van der Waals surface area contributed by atoms with E-state index in [0.29, 0.717) is 5.69 Å². The summed E-state index contributed by atoms with van der Waals surface area (Å²) in [4.78, 5) is 29.4. The molecule has 2 amide bonds. The number of hydrogen-bond acceptors (Lipinski definition) is 4. The standard InChI is InChI=1S/C14H22N4O2/c1-9(2)13(16-10(3)19)14(20)17-11-6-7-12(15-8-11)18(4)5/h6-9,13H,1-5H3,(H,16,19)(H,17,20). The van der Waals surface area contributed by atoms with Crippen molar-refractivity contribution in [2.75, 3.05) is 24.3 Å². The van der Waals surface area contributed by atoms with Gasteiger partial charge in [0.1, 0.15) is 11.9 Å². The first-order valence-electron chi connectivity index (χ1n) is 6.52. The van der Waals surface area contributed by atoms with E-state index < -0.39 is 6.04 Å². The van der Waals surface area contributed by atoms with E-state index in [1.54, 1.807) is 12.3 Å². The van der Waals surface area contributed by atoms with Crippen molar-refractivity contribution in [1.82, 2.24) is 10.3 Å². The van der Waals surface area contributed by atoms with Crippen LogP contribution in [0, 0.1) is 5.92 Å². The third-order valence-electron chi connectivity index (χ3n) is 2.78. The molecule has 1 aromatic heterocycles. The molecule has 0 aliphatic rings. The highest BCUT2D eigenvalue weighted by Crippen LogP contribution is 2.13. The minimum absolute atomic E-state index is 0.00732. The Kier molecular flexibility index (Phi) is 5.49. The Morgan fingerprint density at radius 2 is 1.90 bits per heavy atom. The lowest BCUT2D eigenvalue weighted by Gasteiger charge is -2.21. The van der Waals surface area contributed by atoms with Crippen LogP contribution in [0.2, 0.25) is 0 Å². The van der Waals surface area contributed by atoms with Crippen molar-refractivity contribution in [3.8, 4) is 0 Å². The second-order valence-corrected chi connectivity index (χ2v) is 5.21. The van der Waals surface area contributed by atoms with E-state index >= 15 is 0 Å². The molecule has 1 aromatic rings. The molecule has 6 nitrogen and oxygen atoms in total. The number of nitrogens with zero attached hydrogens (tertiary/aromatic N) is 2. The van der Waals surface area contributed by atoms with Crippen LogP contribution in [-0.4, -0.2) is 36.9 Å². The van der Waals surface area contributed by atoms with Crippen LogP contribution in [0.3, 0.4) is 0 Å². The molecule has 1 rings (SSSR count). The molecule has 110 valence electrons. The van der Waals surface area contributed by atoms with Gasteiger partial charge < -0.3 is 15.5 Å². The second kappa shape index (κ2) is 6.88. The van der Waals surface area contributed by atoms with Crippen LogP contribution in [0.5, 0.6) is 0 Å². The van der Waals surface area contributed by atoms with Crippen molar-refractivity contribution in [3.05, 3.63) is 18.3 Å². The number of anilines is 2. The third-order valence-corrected chi connectivity index (χ3v) is 2.78. The maximum atomic E-state index is 12.1. The smallest absolute Gasteiger partial charge is 0.247 e. The molecule has 1 unspecified atom stereocenters. The Hall–Kier alpha value is -2.11. The van der Waals surface area contributed by atoms with Crippen LogP contribution in [0.25, 0.3) is 0 Å². The molecule has 0 aliphatic carbocycles. The normalized spacial score (nSPS) is 11.9. The number of pyridine rings is 1. The highest BCUT2D eigenvalue weighted by molar-refractivity contribution is 5.97. The second-order valence-electron chi connectivity index (χ2n) is 5.21. The Bertz CT molecular complexity index is 469. The number of carbonyl (C=O) groups is 2. The number of amides is 2. The Morgan fingerprint density at radius 1 is 1.25 bits per heavy atom. The summed E-state index contributed by atoms with van der Waals surface area (Å²) >= 11 is 0. The molecule has 0 bridgehead atoms. The lowest BCUT2D eigenvalue weighted by molar-refractivity contribution is -0.126. The van der Waals surface area contributed by atoms with Gasteiger partial charge in [-0.1, -0.05) is 13.8 Å². The van der Waals surface area contributed by atoms with Gasteiger partial charge >= 0.3 is 0 Å². The van der Waals surface area contributed by atoms with Crippen molar-refractivity contribution < 1.29 is 9.59 Å². The molecule has 0 saturated heterocycles. The van der Waals surface area contributed by atoms with Gasteiger partial charge in [0.05, 0.1) is 11.9 Å². The molecule has 0 spiro atoms. The van der Waals surface area contributed by atoms with Crippen LogP contribution in [0.15, 0.2) is 18.3 Å². The molecule has 0 aliphatic heterocycles. The monoisotopic (exact) mass is 278 g/mol. The zero-order valence-corrected chi connectivity index (χ0v) is 12.6. The van der Waals surface area contributed by atoms with Crippen LogP contribution < -0.4 is 15.5 Å². The van der Waals surface area contributed by atoms with E-state index in [4.69, 9.17) is 0 Å². The van der Waals surface area contributed by atoms with Crippen molar-refractivity contribution in [1.29, 1.82) is 0 Å². The number of nitrogens with one attached hydrogen (secondary N) is 2. The molecule has 20 heavy (non-hydrogen) atoms. The Morgan fingerprint density at radius 3 is 2.30 bits per heavy atom. The fourth-order valence-corrected chi connectivity index (χ4v) is 1.70. The molecule has 0 saturated carbocycles. The fourth-order valence-electron chi connectivity index (χ4n) is 1.70. The van der Waals surface area contributed by atoms with Gasteiger partial charge in [0, 0.05) is 21.0 Å². The van der Waals surface area contributed by atoms with E-state index in [1.807, 2.05) is 38.9 Å². The first-order chi connectivity index (χ1) is 9.31. The summed E-state index contributed by atoms with van der Waals surface area (Å²) in [6, 6.07) is 3.05. The zero-order chi connectivity index (χ0) is 15.3. The Labute approximate surface area is 119 Å². The van der Waals surface area contributed by atoms with Crippen molar-refractivity contribution in [3.63, 3.8) is 0 Å². The Balaban J connectivity index is 2.75. The highest BCUT2D eigenvalue weighted by atomic mass is 16.2. The van der Waals surface area contributed by atoms with Gasteiger partial charge in [0.2, 0.25) is 11.8 Å². The van der Waals surface area contributed by atoms with E-state index in [2.05, 4.69) is 15.6 Å². The van der Waals surface area contributed by atoms with Crippen LogP contribution in [-0.2, 0) is 9.59 Å². The zero-order valence-electron chi connectivity index (χ0n) is 12.6. The largest absolute Gasteiger partial charge is 0.363 e. The SMILES string of the molecule is CC(=O)NC(C(=O)Nc1ccc(N(C)C)nc1)C(C)C. The molecule has 6 heteroatoms. The van der Waals surface area contributed by atoms with Gasteiger partial charge in [-0.3, -0.25) is 9.59 Å². The molecule has 1 heterocycles. The van der Waals surface area contributed by atoms with E-state index in [9.17, 15) is 9.59 Å². The molecule has 1 atom stereocenters. The van der Waals surface area contributed by atoms with Crippen LogP contribution in [0.1, 0.15) is 20.8 Å². The fraction of sp³-hybridized carbons (Fsp3) is 0.500. The maximum Gasteiger partial charge on any atom is 0.247 e. The van der Waals surface area contributed by atoms with E-state index in [1.165, 1.54) is 6.92 Å². The van der Waals surface area contributed by atoms with Crippen molar-refractivity contribution >= 4 is 23.3 Å². The summed E-state index contributed by atoms with van der Waals surface area (Å²) < 4.78 is 0. The summed E-state index contributed by atoms with van der Waals surface area (Å²) in [5.74, 6) is 0.354. The van der Waals surface area contributed by atoms with Crippen LogP contribution >= 0.6 is 0 Å². The highest BCUT2D eigenvalue weighted by Gasteiger charge is 2.23. The van der Waals surface area contributed by atoms with E-state index in [0.717, 1.165) is 5.82 Å². The lowest BCUT2D eigenvalue weighted by Crippen LogP contribution is -2.46. The first kappa shape index (κ1) is 15.9. The molecular formula is C14H22N4O2. The summed E-state index contributed by atoms with van der Waals surface area (Å²) in [5, 5.41) is 5.41. The van der Waals surface area contributed by atoms with Gasteiger partial charge in [0.15, 0.2) is 0 Å². The quantitative estimate of drug-likeness (QED) is 0.850. The lowest BCUT2D eigenvalue weighted by atomic mass is 10.0. The molecule has 0 aromatic carbocycles.